The number of nitrogens with zero attached hydrogens (tertiary/aromatic N) is 3. The number of anilines is 1. The number of benzene rings is 1. The lowest BCUT2D eigenvalue weighted by molar-refractivity contribution is -0.383. The Kier molecular flexibility index (Phi) is 4.88. The van der Waals surface area contributed by atoms with Gasteiger partial charge in [0.15, 0.2) is 0 Å². The summed E-state index contributed by atoms with van der Waals surface area (Å²) in [6.07, 6.45) is 3.64. The number of carbonyl (C=O) groups is 1. The Bertz CT molecular complexity index is 586. The Morgan fingerprint density at radius 3 is 2.74 bits per heavy atom. The summed E-state index contributed by atoms with van der Waals surface area (Å²) in [5, 5.41) is 13.6. The Balaban J connectivity index is 1.53. The Morgan fingerprint density at radius 1 is 1.26 bits per heavy atom. The van der Waals surface area contributed by atoms with Crippen molar-refractivity contribution in [2.45, 2.75) is 25.3 Å². The van der Waals surface area contributed by atoms with Crippen LogP contribution in [0.4, 0.5) is 11.4 Å². The van der Waals surface area contributed by atoms with Gasteiger partial charge in [0.1, 0.15) is 5.69 Å². The topological polar surface area (TPSA) is 78.7 Å². The van der Waals surface area contributed by atoms with E-state index in [0.29, 0.717) is 6.04 Å². The van der Waals surface area contributed by atoms with Crippen LogP contribution in [0.1, 0.15) is 19.3 Å². The van der Waals surface area contributed by atoms with Crippen LogP contribution >= 0.6 is 0 Å². The number of hydrogen-bond acceptors (Lipinski definition) is 5. The molecule has 2 aliphatic rings. The summed E-state index contributed by atoms with van der Waals surface area (Å²) >= 11 is 0. The number of nitrogens with one attached hydrogen (secondary N) is 1. The van der Waals surface area contributed by atoms with Gasteiger partial charge in [-0.1, -0.05) is 12.1 Å². The molecule has 0 bridgehead atoms. The van der Waals surface area contributed by atoms with E-state index in [1.165, 1.54) is 32.0 Å². The minimum Gasteiger partial charge on any atom is -0.319 e. The molecule has 0 radical (unpaired) electrons. The monoisotopic (exact) mass is 318 g/mol. The number of amides is 1. The molecule has 1 N–H and O–H groups in total. The summed E-state index contributed by atoms with van der Waals surface area (Å²) < 4.78 is 0. The standard InChI is InChI=1S/C16H22N4O3/c21-16(17-14-5-1-2-6-15(14)20(22)23)12-18-10-7-13(11-18)19-8-3-4-9-19/h1-2,5-6,13H,3-4,7-12H2,(H,17,21). The number of nitro groups is 1. The molecule has 2 heterocycles. The molecule has 0 spiro atoms. The lowest BCUT2D eigenvalue weighted by Gasteiger charge is -2.23. The van der Waals surface area contributed by atoms with Crippen molar-refractivity contribution in [1.29, 1.82) is 0 Å². The van der Waals surface area contributed by atoms with Crippen LogP contribution in [0.3, 0.4) is 0 Å². The Hall–Kier alpha value is -1.99. The van der Waals surface area contributed by atoms with E-state index in [0.717, 1.165) is 19.5 Å². The first kappa shape index (κ1) is 15.9. The second-order valence-electron chi connectivity index (χ2n) is 6.24. The van der Waals surface area contributed by atoms with Crippen molar-refractivity contribution in [3.63, 3.8) is 0 Å². The minimum absolute atomic E-state index is 0.0720. The highest BCUT2D eigenvalue weighted by Crippen LogP contribution is 2.24. The fourth-order valence-corrected chi connectivity index (χ4v) is 3.49. The number of rotatable bonds is 5. The lowest BCUT2D eigenvalue weighted by atomic mass is 10.2. The highest BCUT2D eigenvalue weighted by atomic mass is 16.6. The highest BCUT2D eigenvalue weighted by Gasteiger charge is 2.30. The van der Waals surface area contributed by atoms with Crippen LogP contribution in [0.5, 0.6) is 0 Å². The number of para-hydroxylation sites is 2. The van der Waals surface area contributed by atoms with Gasteiger partial charge in [-0.2, -0.15) is 0 Å². The van der Waals surface area contributed by atoms with Crippen LogP contribution in [-0.2, 0) is 4.79 Å². The van der Waals surface area contributed by atoms with Crippen molar-refractivity contribution >= 4 is 17.3 Å². The molecule has 3 rings (SSSR count). The fourth-order valence-electron chi connectivity index (χ4n) is 3.49. The third-order valence-electron chi connectivity index (χ3n) is 4.65. The van der Waals surface area contributed by atoms with Gasteiger partial charge in [0.25, 0.3) is 5.69 Å². The van der Waals surface area contributed by atoms with Crippen molar-refractivity contribution in [2.75, 3.05) is 38.0 Å². The summed E-state index contributed by atoms with van der Waals surface area (Å²) in [4.78, 5) is 27.3. The van der Waals surface area contributed by atoms with Crippen molar-refractivity contribution in [3.8, 4) is 0 Å². The maximum atomic E-state index is 12.2. The molecule has 23 heavy (non-hydrogen) atoms. The number of likely N-dealkylation sites (tertiary alicyclic amines) is 2. The molecule has 2 aliphatic heterocycles. The van der Waals surface area contributed by atoms with Crippen LogP contribution in [0.15, 0.2) is 24.3 Å². The summed E-state index contributed by atoms with van der Waals surface area (Å²) in [6.45, 7) is 4.44. The molecule has 2 saturated heterocycles. The van der Waals surface area contributed by atoms with Gasteiger partial charge in [-0.25, -0.2) is 0 Å². The van der Waals surface area contributed by atoms with Crippen molar-refractivity contribution in [3.05, 3.63) is 34.4 Å². The van der Waals surface area contributed by atoms with Crippen LogP contribution in [0, 0.1) is 10.1 Å². The van der Waals surface area contributed by atoms with E-state index in [9.17, 15) is 14.9 Å². The van der Waals surface area contributed by atoms with E-state index in [1.807, 2.05) is 0 Å². The fraction of sp³-hybridized carbons (Fsp3) is 0.562. The molecule has 0 saturated carbocycles. The molecule has 0 aromatic heterocycles. The minimum atomic E-state index is -0.477. The zero-order chi connectivity index (χ0) is 16.2. The SMILES string of the molecule is O=C(CN1CCC(N2CCCC2)C1)Nc1ccccc1[N+](=O)[O-]. The average Bonchev–Trinajstić information content (AvgIpc) is 3.18. The van der Waals surface area contributed by atoms with E-state index < -0.39 is 4.92 Å². The normalized spacial score (nSPS) is 22.3. The second kappa shape index (κ2) is 7.06. The Labute approximate surface area is 135 Å². The maximum Gasteiger partial charge on any atom is 0.292 e. The quantitative estimate of drug-likeness (QED) is 0.660. The molecule has 7 heteroatoms. The van der Waals surface area contributed by atoms with Gasteiger partial charge < -0.3 is 5.32 Å². The molecule has 2 fully saturated rings. The van der Waals surface area contributed by atoms with Crippen LogP contribution in [0.25, 0.3) is 0 Å². The van der Waals surface area contributed by atoms with Crippen molar-refractivity contribution < 1.29 is 9.72 Å². The predicted molar refractivity (Wildman–Crippen MR) is 87.4 cm³/mol. The molecule has 7 nitrogen and oxygen atoms in total. The first-order valence-corrected chi connectivity index (χ1v) is 8.13. The molecule has 124 valence electrons. The number of nitro benzene ring substituents is 1. The maximum absolute atomic E-state index is 12.2. The van der Waals surface area contributed by atoms with E-state index in [1.54, 1.807) is 18.2 Å². The first-order valence-electron chi connectivity index (χ1n) is 8.13. The van der Waals surface area contributed by atoms with E-state index in [2.05, 4.69) is 15.1 Å². The van der Waals surface area contributed by atoms with Crippen LogP contribution < -0.4 is 5.32 Å². The third kappa shape index (κ3) is 3.86. The number of carbonyl (C=O) groups excluding carboxylic acids is 1. The van der Waals surface area contributed by atoms with E-state index >= 15 is 0 Å². The average molecular weight is 318 g/mol. The molecular formula is C16H22N4O3. The molecule has 1 amide bonds. The second-order valence-corrected chi connectivity index (χ2v) is 6.24. The van der Waals surface area contributed by atoms with Gasteiger partial charge in [-0.05, 0) is 38.4 Å². The molecular weight excluding hydrogens is 296 g/mol. The summed E-state index contributed by atoms with van der Waals surface area (Å²) in [7, 11) is 0. The highest BCUT2D eigenvalue weighted by molar-refractivity contribution is 5.94. The molecule has 1 aromatic carbocycles. The zero-order valence-electron chi connectivity index (χ0n) is 13.1. The van der Waals surface area contributed by atoms with E-state index in [4.69, 9.17) is 0 Å². The number of hydrogen-bond donors (Lipinski definition) is 1. The summed E-state index contributed by atoms with van der Waals surface area (Å²) in [5.41, 5.74) is 0.190. The van der Waals surface area contributed by atoms with Crippen LogP contribution in [0.2, 0.25) is 0 Å². The zero-order valence-corrected chi connectivity index (χ0v) is 13.1. The molecule has 1 aromatic rings. The van der Waals surface area contributed by atoms with Crippen molar-refractivity contribution in [1.82, 2.24) is 9.80 Å². The molecule has 1 unspecified atom stereocenters. The van der Waals surface area contributed by atoms with Gasteiger partial charge in [0.05, 0.1) is 11.5 Å². The third-order valence-corrected chi connectivity index (χ3v) is 4.65. The molecule has 0 aliphatic carbocycles. The smallest absolute Gasteiger partial charge is 0.292 e. The molecule has 1 atom stereocenters. The van der Waals surface area contributed by atoms with Gasteiger partial charge >= 0.3 is 0 Å². The predicted octanol–water partition coefficient (Wildman–Crippen LogP) is 1.70. The lowest BCUT2D eigenvalue weighted by Crippen LogP contribution is -2.37. The van der Waals surface area contributed by atoms with Crippen molar-refractivity contribution in [2.24, 2.45) is 0 Å². The van der Waals surface area contributed by atoms with E-state index in [-0.39, 0.29) is 23.8 Å². The largest absolute Gasteiger partial charge is 0.319 e. The Morgan fingerprint density at radius 2 is 2.00 bits per heavy atom. The first-order chi connectivity index (χ1) is 11.1. The van der Waals surface area contributed by atoms with Gasteiger partial charge in [-0.3, -0.25) is 24.7 Å². The van der Waals surface area contributed by atoms with Crippen LogP contribution in [-0.4, -0.2) is 59.4 Å². The van der Waals surface area contributed by atoms with Gasteiger partial charge in [0, 0.05) is 25.2 Å². The van der Waals surface area contributed by atoms with Gasteiger partial charge in [0.2, 0.25) is 5.91 Å². The van der Waals surface area contributed by atoms with Gasteiger partial charge in [-0.15, -0.1) is 0 Å². The summed E-state index contributed by atoms with van der Waals surface area (Å²) in [6, 6.07) is 6.79. The summed E-state index contributed by atoms with van der Waals surface area (Å²) in [5.74, 6) is -0.193.